The van der Waals surface area contributed by atoms with Crippen molar-refractivity contribution in [2.45, 2.75) is 6.42 Å². The molecule has 2 heterocycles. The molecular formula is C16H19FN4O. The maximum atomic E-state index is 12.8. The molecule has 22 heavy (non-hydrogen) atoms. The second-order valence-electron chi connectivity index (χ2n) is 5.14. The van der Waals surface area contributed by atoms with Crippen molar-refractivity contribution in [3.63, 3.8) is 0 Å². The summed E-state index contributed by atoms with van der Waals surface area (Å²) < 4.78 is 18.2. The van der Waals surface area contributed by atoms with Gasteiger partial charge >= 0.3 is 0 Å². The Morgan fingerprint density at radius 1 is 1.14 bits per heavy atom. The van der Waals surface area contributed by atoms with Crippen molar-refractivity contribution in [3.8, 4) is 0 Å². The van der Waals surface area contributed by atoms with Crippen LogP contribution in [0.2, 0.25) is 0 Å². The summed E-state index contributed by atoms with van der Waals surface area (Å²) in [5.74, 6) is 1.33. The summed E-state index contributed by atoms with van der Waals surface area (Å²) in [7, 11) is 0. The van der Waals surface area contributed by atoms with Crippen LogP contribution in [0.4, 0.5) is 16.2 Å². The molecule has 0 radical (unpaired) electrons. The first-order valence-corrected chi connectivity index (χ1v) is 7.45. The molecule has 5 nitrogen and oxygen atoms in total. The second kappa shape index (κ2) is 7.17. The first kappa shape index (κ1) is 14.7. The Balaban J connectivity index is 1.55. The molecule has 0 atom stereocenters. The van der Waals surface area contributed by atoms with Crippen molar-refractivity contribution in [1.82, 2.24) is 9.97 Å². The standard InChI is InChI=1S/C16H19FN4O/c17-14-3-1-13(2-4-14)5-7-18-15-6-8-19-16(20-15)21-9-11-22-12-10-21/h1-4,6,8H,5,7,9-12H2,(H,18,19,20). The minimum atomic E-state index is -0.206. The van der Waals surface area contributed by atoms with Gasteiger partial charge in [-0.3, -0.25) is 0 Å². The summed E-state index contributed by atoms with van der Waals surface area (Å²) in [5.41, 5.74) is 1.09. The van der Waals surface area contributed by atoms with Gasteiger partial charge in [-0.1, -0.05) is 12.1 Å². The van der Waals surface area contributed by atoms with Gasteiger partial charge in [0.05, 0.1) is 13.2 Å². The second-order valence-corrected chi connectivity index (χ2v) is 5.14. The van der Waals surface area contributed by atoms with Crippen molar-refractivity contribution in [2.75, 3.05) is 43.1 Å². The van der Waals surface area contributed by atoms with E-state index in [1.165, 1.54) is 12.1 Å². The summed E-state index contributed by atoms with van der Waals surface area (Å²) in [6.07, 6.45) is 2.58. The van der Waals surface area contributed by atoms with E-state index >= 15 is 0 Å². The highest BCUT2D eigenvalue weighted by Crippen LogP contribution is 2.12. The molecular weight excluding hydrogens is 283 g/mol. The van der Waals surface area contributed by atoms with Crippen LogP contribution in [0.25, 0.3) is 0 Å². The third-order valence-electron chi connectivity index (χ3n) is 3.57. The number of morpholine rings is 1. The molecule has 1 aliphatic rings. The number of nitrogens with zero attached hydrogens (tertiary/aromatic N) is 3. The van der Waals surface area contributed by atoms with Gasteiger partial charge in [-0.05, 0) is 30.2 Å². The highest BCUT2D eigenvalue weighted by atomic mass is 19.1. The minimum Gasteiger partial charge on any atom is -0.378 e. The van der Waals surface area contributed by atoms with Crippen LogP contribution in [0.15, 0.2) is 36.5 Å². The monoisotopic (exact) mass is 302 g/mol. The molecule has 2 aromatic rings. The average molecular weight is 302 g/mol. The van der Waals surface area contributed by atoms with Crippen LogP contribution < -0.4 is 10.2 Å². The number of ether oxygens (including phenoxy) is 1. The van der Waals surface area contributed by atoms with E-state index < -0.39 is 0 Å². The predicted octanol–water partition coefficient (Wildman–Crippen LogP) is 2.11. The Morgan fingerprint density at radius 2 is 1.91 bits per heavy atom. The molecule has 0 aliphatic carbocycles. The highest BCUT2D eigenvalue weighted by molar-refractivity contribution is 5.41. The van der Waals surface area contributed by atoms with Crippen molar-refractivity contribution >= 4 is 11.8 Å². The molecule has 0 amide bonds. The van der Waals surface area contributed by atoms with Gasteiger partial charge in [-0.25, -0.2) is 9.37 Å². The molecule has 1 N–H and O–H groups in total. The molecule has 1 aromatic carbocycles. The number of anilines is 2. The van der Waals surface area contributed by atoms with Gasteiger partial charge in [0.15, 0.2) is 0 Å². The third-order valence-corrected chi connectivity index (χ3v) is 3.57. The normalized spacial score (nSPS) is 14.9. The van der Waals surface area contributed by atoms with Crippen molar-refractivity contribution < 1.29 is 9.13 Å². The summed E-state index contributed by atoms with van der Waals surface area (Å²) in [4.78, 5) is 11.0. The van der Waals surface area contributed by atoms with E-state index in [0.29, 0.717) is 13.2 Å². The number of nitrogens with one attached hydrogen (secondary N) is 1. The van der Waals surface area contributed by atoms with E-state index in [1.807, 2.05) is 6.07 Å². The average Bonchev–Trinajstić information content (AvgIpc) is 2.58. The van der Waals surface area contributed by atoms with Gasteiger partial charge in [0, 0.05) is 25.8 Å². The maximum absolute atomic E-state index is 12.8. The Kier molecular flexibility index (Phi) is 4.80. The molecule has 0 bridgehead atoms. The molecule has 116 valence electrons. The lowest BCUT2D eigenvalue weighted by Gasteiger charge is -2.26. The van der Waals surface area contributed by atoms with E-state index in [0.717, 1.165) is 43.4 Å². The lowest BCUT2D eigenvalue weighted by atomic mass is 10.1. The number of halogens is 1. The highest BCUT2D eigenvalue weighted by Gasteiger charge is 2.13. The predicted molar refractivity (Wildman–Crippen MR) is 83.7 cm³/mol. The molecule has 6 heteroatoms. The van der Waals surface area contributed by atoms with Crippen molar-refractivity contribution in [2.24, 2.45) is 0 Å². The Labute approximate surface area is 129 Å². The van der Waals surface area contributed by atoms with Gasteiger partial charge < -0.3 is 15.0 Å². The van der Waals surface area contributed by atoms with Crippen LogP contribution in [0.5, 0.6) is 0 Å². The largest absolute Gasteiger partial charge is 0.378 e. The molecule has 0 spiro atoms. The smallest absolute Gasteiger partial charge is 0.227 e. The van der Waals surface area contributed by atoms with Crippen LogP contribution in [0, 0.1) is 5.82 Å². The van der Waals surface area contributed by atoms with Crippen molar-refractivity contribution in [3.05, 3.63) is 47.9 Å². The zero-order valence-electron chi connectivity index (χ0n) is 12.3. The topological polar surface area (TPSA) is 50.3 Å². The van der Waals surface area contributed by atoms with Crippen LogP contribution in [-0.2, 0) is 11.2 Å². The van der Waals surface area contributed by atoms with E-state index in [-0.39, 0.29) is 5.82 Å². The fourth-order valence-corrected chi connectivity index (χ4v) is 2.35. The molecule has 0 saturated carbocycles. The van der Waals surface area contributed by atoms with Crippen molar-refractivity contribution in [1.29, 1.82) is 0 Å². The molecule has 3 rings (SSSR count). The molecule has 1 aliphatic heterocycles. The molecule has 1 saturated heterocycles. The van der Waals surface area contributed by atoms with E-state index in [1.54, 1.807) is 18.3 Å². The van der Waals surface area contributed by atoms with E-state index in [9.17, 15) is 4.39 Å². The fraction of sp³-hybridized carbons (Fsp3) is 0.375. The van der Waals surface area contributed by atoms with Gasteiger partial charge in [-0.2, -0.15) is 4.98 Å². The van der Waals surface area contributed by atoms with Gasteiger partial charge in [0.25, 0.3) is 0 Å². The molecule has 1 aromatic heterocycles. The number of hydrogen-bond acceptors (Lipinski definition) is 5. The van der Waals surface area contributed by atoms with Gasteiger partial charge in [0.1, 0.15) is 11.6 Å². The third kappa shape index (κ3) is 3.92. The zero-order chi connectivity index (χ0) is 15.2. The quantitative estimate of drug-likeness (QED) is 0.916. The van der Waals surface area contributed by atoms with E-state index in [4.69, 9.17) is 4.74 Å². The van der Waals surface area contributed by atoms with Gasteiger partial charge in [-0.15, -0.1) is 0 Å². The van der Waals surface area contributed by atoms with Crippen LogP contribution in [0.3, 0.4) is 0 Å². The molecule has 0 unspecified atom stereocenters. The summed E-state index contributed by atoms with van der Waals surface area (Å²) in [6.45, 7) is 3.81. The lowest BCUT2D eigenvalue weighted by molar-refractivity contribution is 0.122. The van der Waals surface area contributed by atoms with E-state index in [2.05, 4.69) is 20.2 Å². The Morgan fingerprint density at radius 3 is 2.68 bits per heavy atom. The summed E-state index contributed by atoms with van der Waals surface area (Å²) in [6, 6.07) is 8.42. The Bertz CT molecular complexity index is 599. The van der Waals surface area contributed by atoms with Gasteiger partial charge in [0.2, 0.25) is 5.95 Å². The lowest BCUT2D eigenvalue weighted by Crippen LogP contribution is -2.37. The Hall–Kier alpha value is -2.21. The summed E-state index contributed by atoms with van der Waals surface area (Å²) in [5, 5.41) is 3.28. The SMILES string of the molecule is Fc1ccc(CCNc2ccnc(N3CCOCC3)n2)cc1. The van der Waals surface area contributed by atoms with Crippen LogP contribution in [0.1, 0.15) is 5.56 Å². The number of rotatable bonds is 5. The maximum Gasteiger partial charge on any atom is 0.227 e. The fourth-order valence-electron chi connectivity index (χ4n) is 2.35. The first-order chi connectivity index (χ1) is 10.8. The zero-order valence-corrected chi connectivity index (χ0v) is 12.3. The first-order valence-electron chi connectivity index (χ1n) is 7.45. The summed E-state index contributed by atoms with van der Waals surface area (Å²) >= 11 is 0. The number of hydrogen-bond donors (Lipinski definition) is 1. The van der Waals surface area contributed by atoms with Crippen LogP contribution in [-0.4, -0.2) is 42.8 Å². The number of aromatic nitrogens is 2. The van der Waals surface area contributed by atoms with Crippen LogP contribution >= 0.6 is 0 Å². The number of benzene rings is 1. The minimum absolute atomic E-state index is 0.206. The molecule has 1 fully saturated rings.